The molecule has 1 unspecified atom stereocenters. The van der Waals surface area contributed by atoms with Gasteiger partial charge in [0.25, 0.3) is 0 Å². The van der Waals surface area contributed by atoms with Crippen molar-refractivity contribution in [2.24, 2.45) is 5.92 Å². The van der Waals surface area contributed by atoms with Crippen molar-refractivity contribution in [3.8, 4) is 22.1 Å². The first kappa shape index (κ1) is 16.4. The quantitative estimate of drug-likeness (QED) is 0.909. The minimum absolute atomic E-state index is 0.0931. The smallest absolute Gasteiger partial charge is 0.237 e. The number of hydrogen-bond acceptors (Lipinski definition) is 6. The maximum atomic E-state index is 12.2. The van der Waals surface area contributed by atoms with E-state index in [9.17, 15) is 4.79 Å². The number of carbonyl (C=O) groups is 1. The summed E-state index contributed by atoms with van der Waals surface area (Å²) in [6.07, 6.45) is 0. The Morgan fingerprint density at radius 2 is 2.20 bits per heavy atom. The maximum absolute atomic E-state index is 12.2. The molecule has 4 rings (SSSR count). The van der Waals surface area contributed by atoms with Crippen molar-refractivity contribution in [3.05, 3.63) is 29.3 Å². The average Bonchev–Trinajstić information content (AvgIpc) is 3.22. The van der Waals surface area contributed by atoms with E-state index in [-0.39, 0.29) is 24.7 Å². The molecule has 1 saturated heterocycles. The molecule has 1 aromatic heterocycles. The van der Waals surface area contributed by atoms with Gasteiger partial charge in [0.05, 0.1) is 11.7 Å². The summed E-state index contributed by atoms with van der Waals surface area (Å²) in [4.78, 5) is 19.2. The van der Waals surface area contributed by atoms with Gasteiger partial charge in [0, 0.05) is 30.6 Å². The topological polar surface area (TPSA) is 63.7 Å². The van der Waals surface area contributed by atoms with E-state index in [1.165, 1.54) is 0 Å². The van der Waals surface area contributed by atoms with Crippen LogP contribution in [0.1, 0.15) is 19.5 Å². The van der Waals surface area contributed by atoms with E-state index in [1.54, 1.807) is 11.3 Å². The van der Waals surface area contributed by atoms with Gasteiger partial charge < -0.3 is 14.8 Å². The van der Waals surface area contributed by atoms with Crippen LogP contribution in [0.3, 0.4) is 0 Å². The predicted octanol–water partition coefficient (Wildman–Crippen LogP) is 2.50. The van der Waals surface area contributed by atoms with E-state index in [4.69, 9.17) is 14.5 Å². The minimum Gasteiger partial charge on any atom is -0.454 e. The lowest BCUT2D eigenvalue weighted by atomic mass is 9.99. The normalized spacial score (nSPS) is 20.1. The number of rotatable bonds is 4. The zero-order valence-electron chi connectivity index (χ0n) is 14.3. The van der Waals surface area contributed by atoms with Gasteiger partial charge in [-0.1, -0.05) is 13.8 Å². The average molecular weight is 359 g/mol. The molecule has 0 saturated carbocycles. The minimum atomic E-state index is -0.0931. The zero-order chi connectivity index (χ0) is 17.4. The summed E-state index contributed by atoms with van der Waals surface area (Å²) in [6.45, 7) is 6.68. The Hall–Kier alpha value is -2.12. The molecule has 132 valence electrons. The van der Waals surface area contributed by atoms with Gasteiger partial charge >= 0.3 is 0 Å². The number of thiazole rings is 1. The number of amides is 1. The number of carbonyl (C=O) groups excluding carboxylic acids is 1. The SMILES string of the molecule is CC(C)C1C(=O)NCCN1Cc1csc(-c2ccc3c(c2)OCO3)n1. The second-order valence-electron chi connectivity index (χ2n) is 6.66. The molecule has 1 atom stereocenters. The first-order chi connectivity index (χ1) is 12.1. The van der Waals surface area contributed by atoms with E-state index in [1.807, 2.05) is 18.2 Å². The Morgan fingerprint density at radius 3 is 3.04 bits per heavy atom. The Kier molecular flexibility index (Phi) is 4.35. The third-order valence-electron chi connectivity index (χ3n) is 4.53. The van der Waals surface area contributed by atoms with Crippen LogP contribution >= 0.6 is 11.3 Å². The van der Waals surface area contributed by atoms with E-state index in [0.717, 1.165) is 34.3 Å². The first-order valence-corrected chi connectivity index (χ1v) is 9.36. The summed E-state index contributed by atoms with van der Waals surface area (Å²) in [7, 11) is 0. The van der Waals surface area contributed by atoms with Gasteiger partial charge in [0.2, 0.25) is 12.7 Å². The third-order valence-corrected chi connectivity index (χ3v) is 5.47. The van der Waals surface area contributed by atoms with Gasteiger partial charge in [0.15, 0.2) is 11.5 Å². The third kappa shape index (κ3) is 3.21. The molecule has 1 amide bonds. The summed E-state index contributed by atoms with van der Waals surface area (Å²) < 4.78 is 10.8. The maximum Gasteiger partial charge on any atom is 0.237 e. The highest BCUT2D eigenvalue weighted by atomic mass is 32.1. The summed E-state index contributed by atoms with van der Waals surface area (Å²) in [6, 6.07) is 5.80. The predicted molar refractivity (Wildman–Crippen MR) is 95.7 cm³/mol. The Balaban J connectivity index is 1.52. The number of benzene rings is 1. The van der Waals surface area contributed by atoms with Gasteiger partial charge in [0.1, 0.15) is 5.01 Å². The summed E-state index contributed by atoms with van der Waals surface area (Å²) >= 11 is 1.61. The van der Waals surface area contributed by atoms with E-state index in [2.05, 4.69) is 29.4 Å². The highest BCUT2D eigenvalue weighted by Gasteiger charge is 2.32. The van der Waals surface area contributed by atoms with Crippen LogP contribution in [0, 0.1) is 5.92 Å². The number of ether oxygens (including phenoxy) is 2. The Labute approximate surface area is 150 Å². The van der Waals surface area contributed by atoms with Crippen molar-refractivity contribution < 1.29 is 14.3 Å². The first-order valence-electron chi connectivity index (χ1n) is 8.48. The van der Waals surface area contributed by atoms with Crippen molar-refractivity contribution in [2.75, 3.05) is 19.9 Å². The van der Waals surface area contributed by atoms with E-state index < -0.39 is 0 Å². The number of hydrogen-bond donors (Lipinski definition) is 1. The van der Waals surface area contributed by atoms with Crippen molar-refractivity contribution >= 4 is 17.2 Å². The molecule has 0 bridgehead atoms. The van der Waals surface area contributed by atoms with Crippen LogP contribution in [0.25, 0.3) is 10.6 Å². The molecule has 2 aromatic rings. The van der Waals surface area contributed by atoms with Gasteiger partial charge in [-0.15, -0.1) is 11.3 Å². The van der Waals surface area contributed by atoms with Crippen LogP contribution in [-0.2, 0) is 11.3 Å². The lowest BCUT2D eigenvalue weighted by Gasteiger charge is -2.36. The fraction of sp³-hybridized carbons (Fsp3) is 0.444. The molecule has 1 aromatic carbocycles. The summed E-state index contributed by atoms with van der Waals surface area (Å²) in [5.74, 6) is 1.93. The highest BCUT2D eigenvalue weighted by Crippen LogP contribution is 2.36. The Bertz CT molecular complexity index is 790. The largest absolute Gasteiger partial charge is 0.454 e. The Morgan fingerprint density at radius 1 is 1.36 bits per heavy atom. The van der Waals surface area contributed by atoms with Crippen LogP contribution in [-0.4, -0.2) is 41.7 Å². The summed E-state index contributed by atoms with van der Waals surface area (Å²) in [5.41, 5.74) is 2.02. The fourth-order valence-corrected chi connectivity index (χ4v) is 4.19. The van der Waals surface area contributed by atoms with E-state index in [0.29, 0.717) is 13.1 Å². The molecule has 25 heavy (non-hydrogen) atoms. The van der Waals surface area contributed by atoms with Crippen LogP contribution in [0.5, 0.6) is 11.5 Å². The summed E-state index contributed by atoms with van der Waals surface area (Å²) in [5, 5.41) is 5.99. The molecule has 1 fully saturated rings. The van der Waals surface area contributed by atoms with Crippen LogP contribution in [0.2, 0.25) is 0 Å². The van der Waals surface area contributed by atoms with Gasteiger partial charge in [-0.25, -0.2) is 4.98 Å². The van der Waals surface area contributed by atoms with Crippen molar-refractivity contribution in [1.82, 2.24) is 15.2 Å². The highest BCUT2D eigenvalue weighted by molar-refractivity contribution is 7.13. The van der Waals surface area contributed by atoms with Crippen LogP contribution in [0.15, 0.2) is 23.6 Å². The van der Waals surface area contributed by atoms with E-state index >= 15 is 0 Å². The van der Waals surface area contributed by atoms with Crippen molar-refractivity contribution in [2.45, 2.75) is 26.4 Å². The van der Waals surface area contributed by atoms with Gasteiger partial charge in [-0.3, -0.25) is 9.69 Å². The van der Waals surface area contributed by atoms with Crippen LogP contribution < -0.4 is 14.8 Å². The molecule has 6 nitrogen and oxygen atoms in total. The lowest BCUT2D eigenvalue weighted by Crippen LogP contribution is -2.56. The molecule has 2 aliphatic rings. The number of nitrogens with zero attached hydrogens (tertiary/aromatic N) is 2. The molecular weight excluding hydrogens is 338 g/mol. The lowest BCUT2D eigenvalue weighted by molar-refractivity contribution is -0.131. The molecule has 1 N–H and O–H groups in total. The standard InChI is InChI=1S/C18H21N3O3S/c1-11(2)16-17(22)19-5-6-21(16)8-13-9-25-18(20-13)12-3-4-14-15(7-12)24-10-23-14/h3-4,7,9,11,16H,5-6,8,10H2,1-2H3,(H,19,22). The molecule has 0 radical (unpaired) electrons. The number of aromatic nitrogens is 1. The van der Waals surface area contributed by atoms with Gasteiger partial charge in [-0.2, -0.15) is 0 Å². The molecule has 0 spiro atoms. The molecule has 2 aliphatic heterocycles. The second kappa shape index (κ2) is 6.65. The van der Waals surface area contributed by atoms with Crippen LogP contribution in [0.4, 0.5) is 0 Å². The fourth-order valence-electron chi connectivity index (χ4n) is 3.38. The zero-order valence-corrected chi connectivity index (χ0v) is 15.1. The molecule has 0 aliphatic carbocycles. The van der Waals surface area contributed by atoms with Gasteiger partial charge in [-0.05, 0) is 24.1 Å². The molecule has 3 heterocycles. The molecular formula is C18H21N3O3S. The number of nitrogens with one attached hydrogen (secondary N) is 1. The second-order valence-corrected chi connectivity index (χ2v) is 7.52. The van der Waals surface area contributed by atoms with Crippen molar-refractivity contribution in [1.29, 1.82) is 0 Å². The monoisotopic (exact) mass is 359 g/mol. The number of piperazine rings is 1. The number of fused-ring (bicyclic) bond motifs is 1. The molecule has 7 heteroatoms. The van der Waals surface area contributed by atoms with Crippen molar-refractivity contribution in [3.63, 3.8) is 0 Å².